The van der Waals surface area contributed by atoms with E-state index in [2.05, 4.69) is 6.07 Å². The maximum Gasteiger partial charge on any atom is 0.164 e. The molecule has 0 saturated heterocycles. The number of thioether (sulfide) groups is 1. The Balaban J connectivity index is 1.79. The number of hydrogen-bond donors (Lipinski definition) is 0. The predicted octanol–water partition coefficient (Wildman–Crippen LogP) is 7.16. The van der Waals surface area contributed by atoms with E-state index in [1.165, 1.54) is 4.88 Å². The van der Waals surface area contributed by atoms with Crippen LogP contribution in [0.5, 0.6) is 0 Å². The van der Waals surface area contributed by atoms with Crippen LogP contribution in [-0.2, 0) is 0 Å². The molecule has 1 nitrogen and oxygen atoms in total. The summed E-state index contributed by atoms with van der Waals surface area (Å²) in [6, 6.07) is 18.9. The average molecular weight is 393 g/mol. The van der Waals surface area contributed by atoms with E-state index in [9.17, 15) is 4.79 Å². The zero-order valence-electron chi connectivity index (χ0n) is 12.6. The molecule has 0 radical (unpaired) electrons. The van der Waals surface area contributed by atoms with E-state index in [1.807, 2.05) is 35.7 Å². The molecule has 1 aromatic heterocycles. The Morgan fingerprint density at radius 1 is 0.958 bits per heavy atom. The molecule has 1 atom stereocenters. The fraction of sp³-hybridized carbons (Fsp3) is 0.105. The standard InChI is InChI=1S/C19H14Cl2OS2/c20-14-5-3-13(4-6-14)17(22)12-19(18-2-1-11-23-18)24-16-9-7-15(21)8-10-16/h1-11,19H,12H2/t19-/m0/s1. The van der Waals surface area contributed by atoms with Crippen molar-refractivity contribution in [2.45, 2.75) is 16.6 Å². The molecular weight excluding hydrogens is 379 g/mol. The molecule has 0 bridgehead atoms. The summed E-state index contributed by atoms with van der Waals surface area (Å²) in [4.78, 5) is 14.9. The van der Waals surface area contributed by atoms with Crippen LogP contribution in [0.1, 0.15) is 26.9 Å². The highest BCUT2D eigenvalue weighted by Gasteiger charge is 2.19. The molecule has 0 saturated carbocycles. The van der Waals surface area contributed by atoms with Gasteiger partial charge in [-0.3, -0.25) is 4.79 Å². The maximum atomic E-state index is 12.6. The molecule has 1 heterocycles. The molecule has 0 amide bonds. The van der Waals surface area contributed by atoms with Crippen LogP contribution in [-0.4, -0.2) is 5.78 Å². The summed E-state index contributed by atoms with van der Waals surface area (Å²) in [7, 11) is 0. The van der Waals surface area contributed by atoms with Crippen molar-refractivity contribution in [2.24, 2.45) is 0 Å². The van der Waals surface area contributed by atoms with Crippen LogP contribution in [0.4, 0.5) is 0 Å². The highest BCUT2D eigenvalue weighted by molar-refractivity contribution is 7.99. The number of carbonyl (C=O) groups excluding carboxylic acids is 1. The van der Waals surface area contributed by atoms with E-state index < -0.39 is 0 Å². The molecule has 122 valence electrons. The summed E-state index contributed by atoms with van der Waals surface area (Å²) in [6.07, 6.45) is 0.440. The second kappa shape index (κ2) is 8.21. The number of halogens is 2. The van der Waals surface area contributed by atoms with E-state index in [1.54, 1.807) is 47.4 Å². The normalized spacial score (nSPS) is 12.1. The molecule has 5 heteroatoms. The van der Waals surface area contributed by atoms with Crippen LogP contribution in [0.2, 0.25) is 10.0 Å². The minimum absolute atomic E-state index is 0.0781. The van der Waals surface area contributed by atoms with Crippen LogP contribution >= 0.6 is 46.3 Å². The lowest BCUT2D eigenvalue weighted by atomic mass is 10.1. The summed E-state index contributed by atoms with van der Waals surface area (Å²) >= 11 is 15.2. The van der Waals surface area contributed by atoms with E-state index in [4.69, 9.17) is 23.2 Å². The van der Waals surface area contributed by atoms with E-state index >= 15 is 0 Å². The van der Waals surface area contributed by atoms with Crippen LogP contribution in [0.3, 0.4) is 0 Å². The van der Waals surface area contributed by atoms with Gasteiger partial charge in [0.2, 0.25) is 0 Å². The van der Waals surface area contributed by atoms with Gasteiger partial charge in [0.25, 0.3) is 0 Å². The summed E-state index contributed by atoms with van der Waals surface area (Å²) < 4.78 is 0. The number of Topliss-reactive ketones (excluding diaryl/α,β-unsaturated/α-hetero) is 1. The number of rotatable bonds is 6. The maximum absolute atomic E-state index is 12.6. The molecule has 3 aromatic rings. The zero-order chi connectivity index (χ0) is 16.9. The lowest BCUT2D eigenvalue weighted by Crippen LogP contribution is -2.04. The van der Waals surface area contributed by atoms with E-state index in [0.717, 1.165) is 4.90 Å². The van der Waals surface area contributed by atoms with E-state index in [0.29, 0.717) is 22.0 Å². The Morgan fingerprint density at radius 2 is 1.58 bits per heavy atom. The van der Waals surface area contributed by atoms with Gasteiger partial charge in [-0.15, -0.1) is 23.1 Å². The van der Waals surface area contributed by atoms with Gasteiger partial charge in [-0.25, -0.2) is 0 Å². The van der Waals surface area contributed by atoms with Gasteiger partial charge < -0.3 is 0 Å². The highest BCUT2D eigenvalue weighted by Crippen LogP contribution is 2.40. The van der Waals surface area contributed by atoms with Gasteiger partial charge in [0.15, 0.2) is 5.78 Å². The Bertz CT molecular complexity index is 796. The number of carbonyl (C=O) groups is 1. The third-order valence-corrected chi connectivity index (χ3v) is 6.38. The summed E-state index contributed by atoms with van der Waals surface area (Å²) in [5.41, 5.74) is 0.692. The van der Waals surface area contributed by atoms with Crippen molar-refractivity contribution in [1.82, 2.24) is 0 Å². The number of hydrogen-bond acceptors (Lipinski definition) is 3. The summed E-state index contributed by atoms with van der Waals surface area (Å²) in [6.45, 7) is 0. The van der Waals surface area contributed by atoms with Crippen LogP contribution in [0.15, 0.2) is 70.9 Å². The van der Waals surface area contributed by atoms with Gasteiger partial charge >= 0.3 is 0 Å². The Kier molecular flexibility index (Phi) is 6.01. The number of ketones is 1. The van der Waals surface area contributed by atoms with Crippen molar-refractivity contribution in [2.75, 3.05) is 0 Å². The van der Waals surface area contributed by atoms with Gasteiger partial charge in [0, 0.05) is 31.8 Å². The van der Waals surface area contributed by atoms with Gasteiger partial charge in [0.05, 0.1) is 5.25 Å². The van der Waals surface area contributed by atoms with Crippen molar-refractivity contribution >= 4 is 52.1 Å². The first-order chi connectivity index (χ1) is 11.6. The minimum Gasteiger partial charge on any atom is -0.294 e. The van der Waals surface area contributed by atoms with Gasteiger partial charge in [0.1, 0.15) is 0 Å². The second-order valence-corrected chi connectivity index (χ2v) is 8.34. The molecule has 0 fully saturated rings. The zero-order valence-corrected chi connectivity index (χ0v) is 15.8. The molecule has 0 spiro atoms. The van der Waals surface area contributed by atoms with Crippen molar-refractivity contribution < 1.29 is 4.79 Å². The molecule has 2 aromatic carbocycles. The minimum atomic E-state index is 0.0781. The molecule has 0 N–H and O–H groups in total. The van der Waals surface area contributed by atoms with Crippen LogP contribution < -0.4 is 0 Å². The van der Waals surface area contributed by atoms with Crippen molar-refractivity contribution in [1.29, 1.82) is 0 Å². The first-order valence-electron chi connectivity index (χ1n) is 7.36. The molecular formula is C19H14Cl2OS2. The molecule has 0 unspecified atom stereocenters. The lowest BCUT2D eigenvalue weighted by molar-refractivity contribution is 0.0982. The van der Waals surface area contributed by atoms with Gasteiger partial charge in [-0.05, 0) is 60.0 Å². The third-order valence-electron chi connectivity index (χ3n) is 3.49. The first kappa shape index (κ1) is 17.6. The smallest absolute Gasteiger partial charge is 0.164 e. The van der Waals surface area contributed by atoms with Crippen LogP contribution in [0.25, 0.3) is 0 Å². The topological polar surface area (TPSA) is 17.1 Å². The lowest BCUT2D eigenvalue weighted by Gasteiger charge is -2.15. The fourth-order valence-corrected chi connectivity index (χ4v) is 4.59. The molecule has 24 heavy (non-hydrogen) atoms. The largest absolute Gasteiger partial charge is 0.294 e. The second-order valence-electron chi connectivity index (χ2n) is 5.21. The Labute approximate surface area is 159 Å². The quantitative estimate of drug-likeness (QED) is 0.326. The number of thiophene rings is 1. The summed E-state index contributed by atoms with van der Waals surface area (Å²) in [5.74, 6) is 0.117. The van der Waals surface area contributed by atoms with Crippen molar-refractivity contribution in [3.63, 3.8) is 0 Å². The monoisotopic (exact) mass is 392 g/mol. The first-order valence-corrected chi connectivity index (χ1v) is 9.88. The van der Waals surface area contributed by atoms with Crippen LogP contribution in [0, 0.1) is 0 Å². The molecule has 0 aliphatic rings. The average Bonchev–Trinajstić information content (AvgIpc) is 3.11. The Hall–Kier alpha value is -1.26. The SMILES string of the molecule is O=C(C[C@H](Sc1ccc(Cl)cc1)c1cccs1)c1ccc(Cl)cc1. The van der Waals surface area contributed by atoms with Crippen molar-refractivity contribution in [3.05, 3.63) is 86.5 Å². The van der Waals surface area contributed by atoms with E-state index in [-0.39, 0.29) is 11.0 Å². The molecule has 0 aliphatic carbocycles. The van der Waals surface area contributed by atoms with Crippen molar-refractivity contribution in [3.8, 4) is 0 Å². The summed E-state index contributed by atoms with van der Waals surface area (Å²) in [5, 5.41) is 3.47. The number of benzene rings is 2. The molecule has 3 rings (SSSR count). The highest BCUT2D eigenvalue weighted by atomic mass is 35.5. The van der Waals surface area contributed by atoms with Gasteiger partial charge in [-0.2, -0.15) is 0 Å². The Morgan fingerprint density at radius 3 is 2.17 bits per heavy atom. The molecule has 0 aliphatic heterocycles. The van der Waals surface area contributed by atoms with Gasteiger partial charge in [-0.1, -0.05) is 29.3 Å². The fourth-order valence-electron chi connectivity index (χ4n) is 2.27. The predicted molar refractivity (Wildman–Crippen MR) is 105 cm³/mol. The third kappa shape index (κ3) is 4.64.